The van der Waals surface area contributed by atoms with Gasteiger partial charge in [-0.2, -0.15) is 0 Å². The fourth-order valence-electron chi connectivity index (χ4n) is 2.37. The van der Waals surface area contributed by atoms with Gasteiger partial charge in [0.05, 0.1) is 6.61 Å². The molecular formula is C11H23NO. The molecule has 1 saturated heterocycles. The molecule has 1 heterocycles. The summed E-state index contributed by atoms with van der Waals surface area (Å²) in [6, 6.07) is 1.33. The zero-order chi connectivity index (χ0) is 9.68. The molecule has 0 amide bonds. The third kappa shape index (κ3) is 2.44. The normalized spacial score (nSPS) is 29.3. The first-order valence-corrected chi connectivity index (χ1v) is 5.78. The van der Waals surface area contributed by atoms with Gasteiger partial charge in [-0.15, -0.1) is 0 Å². The molecule has 0 aromatic carbocycles. The summed E-state index contributed by atoms with van der Waals surface area (Å²) in [7, 11) is 0. The lowest BCUT2D eigenvalue weighted by atomic mass is 10.00. The molecule has 13 heavy (non-hydrogen) atoms. The molecule has 1 unspecified atom stereocenters. The predicted molar refractivity (Wildman–Crippen MR) is 55.8 cm³/mol. The molecule has 1 aliphatic heterocycles. The second-order valence-electron chi connectivity index (χ2n) is 3.80. The topological polar surface area (TPSA) is 23.5 Å². The van der Waals surface area contributed by atoms with Gasteiger partial charge in [-0.3, -0.25) is 4.90 Å². The summed E-state index contributed by atoms with van der Waals surface area (Å²) in [5.41, 5.74) is 0. The van der Waals surface area contributed by atoms with E-state index in [0.717, 1.165) is 6.04 Å². The van der Waals surface area contributed by atoms with E-state index in [1.165, 1.54) is 38.6 Å². The smallest absolute Gasteiger partial charge is 0.0587 e. The van der Waals surface area contributed by atoms with E-state index in [-0.39, 0.29) is 0 Å². The average Bonchev–Trinajstić information content (AvgIpc) is 2.60. The van der Waals surface area contributed by atoms with E-state index in [0.29, 0.717) is 12.6 Å². The lowest BCUT2D eigenvalue weighted by Crippen LogP contribution is -2.54. The average molecular weight is 185 g/mol. The van der Waals surface area contributed by atoms with E-state index >= 15 is 0 Å². The Bertz CT molecular complexity index is 130. The molecule has 1 saturated carbocycles. The number of likely N-dealkylation sites (tertiary alicyclic amines) is 1. The van der Waals surface area contributed by atoms with Crippen molar-refractivity contribution in [2.24, 2.45) is 0 Å². The number of hydrogen-bond donors (Lipinski definition) is 1. The van der Waals surface area contributed by atoms with Crippen LogP contribution in [-0.4, -0.2) is 35.2 Å². The van der Waals surface area contributed by atoms with Gasteiger partial charge in [-0.25, -0.2) is 0 Å². The predicted octanol–water partition coefficient (Wildman–Crippen LogP) is 2.02. The van der Waals surface area contributed by atoms with E-state index in [1.54, 1.807) is 0 Å². The lowest BCUT2D eigenvalue weighted by Gasteiger charge is -2.44. The molecular weight excluding hydrogens is 162 g/mol. The summed E-state index contributed by atoms with van der Waals surface area (Å²) in [5.74, 6) is 0. The maximum atomic E-state index is 8.98. The van der Waals surface area contributed by atoms with Crippen LogP contribution in [0.4, 0.5) is 0 Å². The minimum absolute atomic E-state index is 0.372. The zero-order valence-corrected chi connectivity index (χ0v) is 9.00. The van der Waals surface area contributed by atoms with Crippen molar-refractivity contribution < 1.29 is 5.11 Å². The molecule has 1 atom stereocenters. The standard InChI is InChI=1S/C9H17NO.C2H6/c11-7-9-5-6-10(9)8-3-1-2-4-8;1-2/h8-9,11H,1-7H2;1-2H3. The van der Waals surface area contributed by atoms with Crippen molar-refractivity contribution in [2.75, 3.05) is 13.2 Å². The van der Waals surface area contributed by atoms with Crippen LogP contribution in [0.3, 0.4) is 0 Å². The first-order valence-electron chi connectivity index (χ1n) is 5.78. The summed E-state index contributed by atoms with van der Waals surface area (Å²) in [5, 5.41) is 8.98. The Morgan fingerprint density at radius 3 is 2.15 bits per heavy atom. The fourth-order valence-corrected chi connectivity index (χ4v) is 2.37. The molecule has 2 fully saturated rings. The van der Waals surface area contributed by atoms with Crippen LogP contribution in [0.15, 0.2) is 0 Å². The fraction of sp³-hybridized carbons (Fsp3) is 1.00. The molecule has 1 N–H and O–H groups in total. The lowest BCUT2D eigenvalue weighted by molar-refractivity contribution is 0.00753. The van der Waals surface area contributed by atoms with E-state index in [4.69, 9.17) is 5.11 Å². The van der Waals surface area contributed by atoms with Gasteiger partial charge in [0.15, 0.2) is 0 Å². The molecule has 1 aliphatic carbocycles. The molecule has 0 bridgehead atoms. The number of nitrogens with zero attached hydrogens (tertiary/aromatic N) is 1. The van der Waals surface area contributed by atoms with Crippen LogP contribution in [0.2, 0.25) is 0 Å². The van der Waals surface area contributed by atoms with Crippen molar-refractivity contribution in [1.29, 1.82) is 0 Å². The van der Waals surface area contributed by atoms with Crippen molar-refractivity contribution in [3.8, 4) is 0 Å². The van der Waals surface area contributed by atoms with Crippen LogP contribution < -0.4 is 0 Å². The molecule has 0 radical (unpaired) electrons. The Labute approximate surface area is 81.9 Å². The van der Waals surface area contributed by atoms with Crippen LogP contribution >= 0.6 is 0 Å². The highest BCUT2D eigenvalue weighted by Gasteiger charge is 2.34. The summed E-state index contributed by atoms with van der Waals surface area (Å²) in [4.78, 5) is 2.49. The highest BCUT2D eigenvalue weighted by molar-refractivity contribution is 4.89. The Kier molecular flexibility index (Phi) is 4.74. The van der Waals surface area contributed by atoms with Crippen LogP contribution in [0.1, 0.15) is 46.0 Å². The number of aliphatic hydroxyl groups excluding tert-OH is 1. The van der Waals surface area contributed by atoms with Gasteiger partial charge in [0.1, 0.15) is 0 Å². The van der Waals surface area contributed by atoms with Gasteiger partial charge in [-0.05, 0) is 19.3 Å². The van der Waals surface area contributed by atoms with Crippen molar-refractivity contribution in [3.63, 3.8) is 0 Å². The molecule has 2 rings (SSSR count). The summed E-state index contributed by atoms with van der Waals surface area (Å²) in [6.07, 6.45) is 6.76. The van der Waals surface area contributed by atoms with E-state index in [9.17, 15) is 0 Å². The SMILES string of the molecule is CC.OCC1CCN1C1CCCC1. The number of hydrogen-bond acceptors (Lipinski definition) is 2. The second kappa shape index (κ2) is 5.61. The van der Waals surface area contributed by atoms with Gasteiger partial charge in [0.2, 0.25) is 0 Å². The van der Waals surface area contributed by atoms with Gasteiger partial charge >= 0.3 is 0 Å². The van der Waals surface area contributed by atoms with Crippen molar-refractivity contribution >= 4 is 0 Å². The number of rotatable bonds is 2. The zero-order valence-electron chi connectivity index (χ0n) is 9.00. The monoisotopic (exact) mass is 185 g/mol. The van der Waals surface area contributed by atoms with Crippen molar-refractivity contribution in [3.05, 3.63) is 0 Å². The molecule has 2 aliphatic rings. The van der Waals surface area contributed by atoms with Gasteiger partial charge < -0.3 is 5.11 Å². The number of aliphatic hydroxyl groups is 1. The molecule has 78 valence electrons. The largest absolute Gasteiger partial charge is 0.395 e. The Morgan fingerprint density at radius 1 is 1.15 bits per heavy atom. The van der Waals surface area contributed by atoms with Crippen molar-refractivity contribution in [1.82, 2.24) is 4.90 Å². The second-order valence-corrected chi connectivity index (χ2v) is 3.80. The molecule has 0 aromatic rings. The maximum Gasteiger partial charge on any atom is 0.0587 e. The Morgan fingerprint density at radius 2 is 1.77 bits per heavy atom. The van der Waals surface area contributed by atoms with E-state index in [2.05, 4.69) is 4.90 Å². The first-order chi connectivity index (χ1) is 6.42. The molecule has 0 aromatic heterocycles. The third-order valence-electron chi connectivity index (χ3n) is 3.19. The molecule has 2 nitrogen and oxygen atoms in total. The summed E-state index contributed by atoms with van der Waals surface area (Å²) >= 11 is 0. The van der Waals surface area contributed by atoms with Crippen LogP contribution in [0.5, 0.6) is 0 Å². The minimum atomic E-state index is 0.372. The molecule has 2 heteroatoms. The van der Waals surface area contributed by atoms with Gasteiger partial charge in [0.25, 0.3) is 0 Å². The van der Waals surface area contributed by atoms with E-state index in [1.807, 2.05) is 13.8 Å². The maximum absolute atomic E-state index is 8.98. The third-order valence-corrected chi connectivity index (χ3v) is 3.19. The van der Waals surface area contributed by atoms with Crippen LogP contribution in [-0.2, 0) is 0 Å². The first kappa shape index (κ1) is 11.0. The highest BCUT2D eigenvalue weighted by Crippen LogP contribution is 2.30. The minimum Gasteiger partial charge on any atom is -0.395 e. The van der Waals surface area contributed by atoms with Gasteiger partial charge in [-0.1, -0.05) is 26.7 Å². The quantitative estimate of drug-likeness (QED) is 0.711. The summed E-state index contributed by atoms with van der Waals surface area (Å²) in [6.45, 7) is 5.60. The highest BCUT2D eigenvalue weighted by atomic mass is 16.3. The van der Waals surface area contributed by atoms with Crippen LogP contribution in [0.25, 0.3) is 0 Å². The molecule has 0 spiro atoms. The Balaban J connectivity index is 0.000000396. The van der Waals surface area contributed by atoms with Crippen LogP contribution in [0, 0.1) is 0 Å². The Hall–Kier alpha value is -0.0800. The van der Waals surface area contributed by atoms with Crippen molar-refractivity contribution in [2.45, 2.75) is 58.0 Å². The van der Waals surface area contributed by atoms with E-state index < -0.39 is 0 Å². The summed E-state index contributed by atoms with van der Waals surface area (Å²) < 4.78 is 0. The van der Waals surface area contributed by atoms with Gasteiger partial charge in [0, 0.05) is 18.6 Å².